The number of halogens is 1. The van der Waals surface area contributed by atoms with Crippen molar-refractivity contribution >= 4 is 12.4 Å². The van der Waals surface area contributed by atoms with Gasteiger partial charge in [0.15, 0.2) is 0 Å². The van der Waals surface area contributed by atoms with Gasteiger partial charge >= 0.3 is 0 Å². The molecule has 0 saturated heterocycles. The zero-order valence-electron chi connectivity index (χ0n) is 8.57. The van der Waals surface area contributed by atoms with Gasteiger partial charge in [-0.05, 0) is 18.4 Å². The second kappa shape index (κ2) is 4.33. The topological polar surface area (TPSA) is 26.0 Å². The molecule has 1 nitrogen and oxygen atoms in total. The smallest absolute Gasteiger partial charge is 0.0230 e. The largest absolute Gasteiger partial charge is 0.325 e. The lowest BCUT2D eigenvalue weighted by Gasteiger charge is -2.09. The summed E-state index contributed by atoms with van der Waals surface area (Å²) in [5.74, 6) is 0.619. The van der Waals surface area contributed by atoms with Crippen LogP contribution in [0, 0.1) is 0 Å². The molecule has 1 saturated carbocycles. The zero-order chi connectivity index (χ0) is 9.31. The van der Waals surface area contributed by atoms with Gasteiger partial charge in [0, 0.05) is 11.5 Å². The highest BCUT2D eigenvalue weighted by Crippen LogP contribution is 2.51. The second-order valence-electron chi connectivity index (χ2n) is 4.15. The van der Waals surface area contributed by atoms with Crippen LogP contribution in [0.5, 0.6) is 0 Å². The monoisotopic (exact) mass is 211 g/mol. The van der Waals surface area contributed by atoms with Crippen LogP contribution in [0.4, 0.5) is 0 Å². The Bertz CT molecular complexity index is 286. The molecule has 0 radical (unpaired) electrons. The van der Waals surface area contributed by atoms with Gasteiger partial charge in [-0.25, -0.2) is 0 Å². The minimum Gasteiger partial charge on any atom is -0.325 e. The van der Waals surface area contributed by atoms with Crippen molar-refractivity contribution in [1.82, 2.24) is 0 Å². The number of hydrogen-bond donors (Lipinski definition) is 1. The first-order chi connectivity index (χ1) is 6.26. The van der Waals surface area contributed by atoms with E-state index in [1.54, 1.807) is 0 Å². The van der Waals surface area contributed by atoms with Crippen molar-refractivity contribution in [2.45, 2.75) is 37.6 Å². The van der Waals surface area contributed by atoms with Crippen molar-refractivity contribution in [1.29, 1.82) is 0 Å². The maximum Gasteiger partial charge on any atom is 0.0230 e. The van der Waals surface area contributed by atoms with Crippen LogP contribution in [0.3, 0.4) is 0 Å². The fraction of sp³-hybridized carbons (Fsp3) is 0.500. The van der Waals surface area contributed by atoms with Crippen molar-refractivity contribution < 1.29 is 0 Å². The molecular weight excluding hydrogens is 194 g/mol. The summed E-state index contributed by atoms with van der Waals surface area (Å²) in [7, 11) is 0. The molecular formula is C12H18ClN. The molecule has 2 N–H and O–H groups in total. The molecule has 1 aromatic rings. The molecule has 2 atom stereocenters. The van der Waals surface area contributed by atoms with E-state index in [2.05, 4.69) is 37.3 Å². The molecule has 2 heteroatoms. The van der Waals surface area contributed by atoms with Crippen LogP contribution >= 0.6 is 12.4 Å². The summed E-state index contributed by atoms with van der Waals surface area (Å²) in [6.45, 7) is 2.20. The van der Waals surface area contributed by atoms with E-state index >= 15 is 0 Å². The normalized spacial score (nSPS) is 29.4. The Labute approximate surface area is 92.1 Å². The standard InChI is InChI=1S/C12H17N.ClH/c1-2-8-12(13)9-11(12)10-6-4-3-5-7-10;/h3-7,11H,2,8-9,13H2,1H3;1H/t11-,12-;/m1./s1. The van der Waals surface area contributed by atoms with E-state index in [4.69, 9.17) is 5.73 Å². The van der Waals surface area contributed by atoms with Gasteiger partial charge in [0.2, 0.25) is 0 Å². The molecule has 1 aliphatic rings. The first-order valence-corrected chi connectivity index (χ1v) is 5.10. The van der Waals surface area contributed by atoms with Crippen LogP contribution in [0.25, 0.3) is 0 Å². The molecule has 1 aromatic carbocycles. The highest BCUT2D eigenvalue weighted by atomic mass is 35.5. The predicted octanol–water partition coefficient (Wildman–Crippen LogP) is 3.09. The lowest BCUT2D eigenvalue weighted by molar-refractivity contribution is 0.579. The van der Waals surface area contributed by atoms with Crippen LogP contribution in [-0.4, -0.2) is 5.54 Å². The lowest BCUT2D eigenvalue weighted by atomic mass is 10.0. The van der Waals surface area contributed by atoms with E-state index in [0.29, 0.717) is 5.92 Å². The van der Waals surface area contributed by atoms with Crippen molar-refractivity contribution in [3.63, 3.8) is 0 Å². The van der Waals surface area contributed by atoms with Gasteiger partial charge in [-0.3, -0.25) is 0 Å². The molecule has 0 heterocycles. The Morgan fingerprint density at radius 1 is 1.36 bits per heavy atom. The van der Waals surface area contributed by atoms with Crippen molar-refractivity contribution in [2.24, 2.45) is 5.73 Å². The quantitative estimate of drug-likeness (QED) is 0.817. The Morgan fingerprint density at radius 2 is 2.00 bits per heavy atom. The minimum atomic E-state index is 0. The number of rotatable bonds is 3. The molecule has 0 amide bonds. The van der Waals surface area contributed by atoms with Gasteiger partial charge in [0.25, 0.3) is 0 Å². The van der Waals surface area contributed by atoms with Crippen LogP contribution < -0.4 is 5.73 Å². The summed E-state index contributed by atoms with van der Waals surface area (Å²) < 4.78 is 0. The van der Waals surface area contributed by atoms with Gasteiger partial charge in [0.1, 0.15) is 0 Å². The number of nitrogens with two attached hydrogens (primary N) is 1. The van der Waals surface area contributed by atoms with Gasteiger partial charge in [-0.15, -0.1) is 12.4 Å². The van der Waals surface area contributed by atoms with E-state index in [0.717, 1.165) is 6.42 Å². The molecule has 0 bridgehead atoms. The second-order valence-corrected chi connectivity index (χ2v) is 4.15. The Balaban J connectivity index is 0.000000980. The van der Waals surface area contributed by atoms with Crippen LogP contribution in [0.15, 0.2) is 30.3 Å². The van der Waals surface area contributed by atoms with Crippen LogP contribution in [0.1, 0.15) is 37.7 Å². The highest BCUT2D eigenvalue weighted by molar-refractivity contribution is 5.85. The van der Waals surface area contributed by atoms with Gasteiger partial charge in [0.05, 0.1) is 0 Å². The lowest BCUT2D eigenvalue weighted by Crippen LogP contribution is -2.23. The number of hydrogen-bond acceptors (Lipinski definition) is 1. The summed E-state index contributed by atoms with van der Waals surface area (Å²) in [5.41, 5.74) is 7.77. The fourth-order valence-electron chi connectivity index (χ4n) is 2.20. The summed E-state index contributed by atoms with van der Waals surface area (Å²) >= 11 is 0. The van der Waals surface area contributed by atoms with E-state index in [9.17, 15) is 0 Å². The molecule has 0 aromatic heterocycles. The summed E-state index contributed by atoms with van der Waals surface area (Å²) in [4.78, 5) is 0. The average molecular weight is 212 g/mol. The summed E-state index contributed by atoms with van der Waals surface area (Å²) in [6, 6.07) is 10.6. The van der Waals surface area contributed by atoms with Crippen molar-refractivity contribution in [3.05, 3.63) is 35.9 Å². The third kappa shape index (κ3) is 2.10. The fourth-order valence-corrected chi connectivity index (χ4v) is 2.20. The van der Waals surface area contributed by atoms with Crippen molar-refractivity contribution in [3.8, 4) is 0 Å². The SMILES string of the molecule is CCC[C@@]1(N)C[C@@H]1c1ccccc1.Cl. The molecule has 0 spiro atoms. The molecule has 78 valence electrons. The maximum atomic E-state index is 6.23. The number of benzene rings is 1. The molecule has 2 rings (SSSR count). The van der Waals surface area contributed by atoms with E-state index in [-0.39, 0.29) is 17.9 Å². The predicted molar refractivity (Wildman–Crippen MR) is 62.9 cm³/mol. The zero-order valence-corrected chi connectivity index (χ0v) is 9.39. The average Bonchev–Trinajstić information content (AvgIpc) is 2.80. The van der Waals surface area contributed by atoms with E-state index < -0.39 is 0 Å². The third-order valence-corrected chi connectivity index (χ3v) is 3.04. The Hall–Kier alpha value is -0.530. The molecule has 1 aliphatic carbocycles. The first-order valence-electron chi connectivity index (χ1n) is 5.10. The van der Waals surface area contributed by atoms with Gasteiger partial charge in [-0.2, -0.15) is 0 Å². The maximum absolute atomic E-state index is 6.23. The minimum absolute atomic E-state index is 0. The van der Waals surface area contributed by atoms with Crippen LogP contribution in [0.2, 0.25) is 0 Å². The molecule has 1 fully saturated rings. The van der Waals surface area contributed by atoms with Gasteiger partial charge in [-0.1, -0.05) is 43.7 Å². The van der Waals surface area contributed by atoms with Gasteiger partial charge < -0.3 is 5.73 Å². The third-order valence-electron chi connectivity index (χ3n) is 3.04. The molecule has 0 aliphatic heterocycles. The summed E-state index contributed by atoms with van der Waals surface area (Å²) in [5, 5.41) is 0. The van der Waals surface area contributed by atoms with E-state index in [1.165, 1.54) is 18.4 Å². The molecule has 0 unspecified atom stereocenters. The molecule has 14 heavy (non-hydrogen) atoms. The van der Waals surface area contributed by atoms with E-state index in [1.807, 2.05) is 0 Å². The summed E-state index contributed by atoms with van der Waals surface area (Å²) in [6.07, 6.45) is 3.53. The first kappa shape index (κ1) is 11.5. The highest BCUT2D eigenvalue weighted by Gasteiger charge is 2.50. The van der Waals surface area contributed by atoms with Crippen molar-refractivity contribution in [2.75, 3.05) is 0 Å². The van der Waals surface area contributed by atoms with Crippen LogP contribution in [-0.2, 0) is 0 Å². The Kier molecular flexibility index (Phi) is 3.57. The Morgan fingerprint density at radius 3 is 2.57 bits per heavy atom.